The molecule has 0 saturated carbocycles. The zero-order valence-electron chi connectivity index (χ0n) is 6.77. The van der Waals surface area contributed by atoms with E-state index in [0.29, 0.717) is 0 Å². The van der Waals surface area contributed by atoms with E-state index in [1.165, 1.54) is 0 Å². The molecular formula is C9H11BrO2. The molecule has 0 bridgehead atoms. The van der Waals surface area contributed by atoms with E-state index in [9.17, 15) is 0 Å². The van der Waals surface area contributed by atoms with Crippen molar-refractivity contribution in [2.45, 2.75) is 18.0 Å². The van der Waals surface area contributed by atoms with Gasteiger partial charge in [0.05, 0.1) is 6.10 Å². The maximum Gasteiger partial charge on any atom is 0.178 e. The first kappa shape index (κ1) is 9.55. The Hall–Kier alpha value is -0.540. The maximum absolute atomic E-state index is 9.11. The lowest BCUT2D eigenvalue weighted by molar-refractivity contribution is 0.105. The number of hydrogen-bond donors (Lipinski definition) is 1. The van der Waals surface area contributed by atoms with Gasteiger partial charge in [-0.3, -0.25) is 0 Å². The van der Waals surface area contributed by atoms with Crippen molar-refractivity contribution in [1.82, 2.24) is 0 Å². The molecule has 0 radical (unpaired) electrons. The molecule has 0 aliphatic heterocycles. The van der Waals surface area contributed by atoms with Crippen molar-refractivity contribution in [2.24, 2.45) is 0 Å². The van der Waals surface area contributed by atoms with Gasteiger partial charge in [-0.25, -0.2) is 0 Å². The number of aliphatic hydroxyl groups excluding tert-OH is 1. The molecule has 0 spiro atoms. The van der Waals surface area contributed by atoms with Crippen LogP contribution in [0.2, 0.25) is 0 Å². The molecule has 1 aromatic carbocycles. The van der Waals surface area contributed by atoms with E-state index in [-0.39, 0.29) is 5.01 Å². The number of alkyl halides is 1. The quantitative estimate of drug-likeness (QED) is 0.807. The second-order valence-corrected chi connectivity index (χ2v) is 3.43. The first-order valence-electron chi connectivity index (χ1n) is 3.74. The number of para-hydroxylation sites is 1. The van der Waals surface area contributed by atoms with Crippen LogP contribution in [0.4, 0.5) is 0 Å². The highest BCUT2D eigenvalue weighted by Crippen LogP contribution is 2.15. The highest BCUT2D eigenvalue weighted by molar-refractivity contribution is 9.09. The third-order valence-electron chi connectivity index (χ3n) is 1.37. The fourth-order valence-electron chi connectivity index (χ4n) is 0.728. The molecule has 0 aliphatic rings. The molecule has 0 heterocycles. The average molecular weight is 231 g/mol. The molecule has 3 heteroatoms. The fraction of sp³-hybridized carbons (Fsp3) is 0.333. The molecule has 12 heavy (non-hydrogen) atoms. The van der Waals surface area contributed by atoms with E-state index >= 15 is 0 Å². The van der Waals surface area contributed by atoms with Crippen LogP contribution in [-0.2, 0) is 0 Å². The Morgan fingerprint density at radius 3 is 2.42 bits per heavy atom. The average Bonchev–Trinajstić information content (AvgIpc) is 2.06. The summed E-state index contributed by atoms with van der Waals surface area (Å²) in [7, 11) is 0. The molecule has 0 amide bonds. The van der Waals surface area contributed by atoms with Crippen LogP contribution in [0, 0.1) is 0 Å². The van der Waals surface area contributed by atoms with Gasteiger partial charge in [0.25, 0.3) is 0 Å². The van der Waals surface area contributed by atoms with Gasteiger partial charge in [-0.15, -0.1) is 0 Å². The number of rotatable bonds is 3. The summed E-state index contributed by atoms with van der Waals surface area (Å²) in [6.07, 6.45) is -0.523. The Labute approximate surface area is 80.3 Å². The minimum absolute atomic E-state index is 0.347. The van der Waals surface area contributed by atoms with Crippen molar-refractivity contribution in [3.63, 3.8) is 0 Å². The topological polar surface area (TPSA) is 29.5 Å². The van der Waals surface area contributed by atoms with Crippen LogP contribution in [0.25, 0.3) is 0 Å². The van der Waals surface area contributed by atoms with Crippen molar-refractivity contribution >= 4 is 15.9 Å². The summed E-state index contributed by atoms with van der Waals surface area (Å²) in [5.74, 6) is 0.750. The zero-order chi connectivity index (χ0) is 8.97. The SMILES string of the molecule is CC(O)C(Br)Oc1ccccc1. The highest BCUT2D eigenvalue weighted by Gasteiger charge is 2.11. The Morgan fingerprint density at radius 1 is 1.33 bits per heavy atom. The lowest BCUT2D eigenvalue weighted by atomic mass is 10.3. The van der Waals surface area contributed by atoms with Crippen LogP contribution in [0.15, 0.2) is 30.3 Å². The van der Waals surface area contributed by atoms with Gasteiger partial charge in [0.2, 0.25) is 0 Å². The van der Waals surface area contributed by atoms with E-state index in [2.05, 4.69) is 15.9 Å². The largest absolute Gasteiger partial charge is 0.477 e. The van der Waals surface area contributed by atoms with Crippen molar-refractivity contribution < 1.29 is 9.84 Å². The molecule has 1 rings (SSSR count). The summed E-state index contributed by atoms with van der Waals surface area (Å²) in [5, 5.41) is 8.76. The van der Waals surface area contributed by atoms with Crippen molar-refractivity contribution in [1.29, 1.82) is 0 Å². The number of halogens is 1. The molecule has 0 aliphatic carbocycles. The molecule has 0 saturated heterocycles. The van der Waals surface area contributed by atoms with Gasteiger partial charge in [-0.05, 0) is 35.0 Å². The zero-order valence-corrected chi connectivity index (χ0v) is 8.36. The van der Waals surface area contributed by atoms with Crippen molar-refractivity contribution in [3.8, 4) is 5.75 Å². The smallest absolute Gasteiger partial charge is 0.178 e. The molecule has 1 aromatic rings. The van der Waals surface area contributed by atoms with Crippen LogP contribution in [0.5, 0.6) is 5.75 Å². The molecular weight excluding hydrogens is 220 g/mol. The summed E-state index contributed by atoms with van der Waals surface area (Å²) >= 11 is 3.21. The third-order valence-corrected chi connectivity index (χ3v) is 2.32. The van der Waals surface area contributed by atoms with E-state index in [1.54, 1.807) is 6.92 Å². The highest BCUT2D eigenvalue weighted by atomic mass is 79.9. The molecule has 2 unspecified atom stereocenters. The van der Waals surface area contributed by atoms with Crippen molar-refractivity contribution in [3.05, 3.63) is 30.3 Å². The number of aliphatic hydroxyl groups is 1. The minimum atomic E-state index is -0.523. The van der Waals surface area contributed by atoms with Crippen LogP contribution >= 0.6 is 15.9 Å². The summed E-state index contributed by atoms with van der Waals surface area (Å²) in [6.45, 7) is 1.67. The molecule has 66 valence electrons. The Kier molecular flexibility index (Phi) is 3.56. The predicted octanol–water partition coefficient (Wildman–Crippen LogP) is 2.17. The number of ether oxygens (including phenoxy) is 1. The normalized spacial score (nSPS) is 15.2. The van der Waals surface area contributed by atoms with Crippen LogP contribution < -0.4 is 4.74 Å². The standard InChI is InChI=1S/C9H11BrO2/c1-7(11)9(10)12-8-5-3-2-4-6-8/h2-7,9,11H,1H3. The van der Waals surface area contributed by atoms with Gasteiger partial charge in [0.1, 0.15) is 5.75 Å². The first-order chi connectivity index (χ1) is 5.70. The fourth-order valence-corrected chi connectivity index (χ4v) is 0.943. The van der Waals surface area contributed by atoms with E-state index < -0.39 is 6.10 Å². The monoisotopic (exact) mass is 230 g/mol. The van der Waals surface area contributed by atoms with E-state index in [1.807, 2.05) is 30.3 Å². The lowest BCUT2D eigenvalue weighted by Gasteiger charge is -2.14. The Bertz CT molecular complexity index is 223. The van der Waals surface area contributed by atoms with Gasteiger partial charge in [0, 0.05) is 0 Å². The number of hydrogen-bond acceptors (Lipinski definition) is 2. The Balaban J connectivity index is 2.53. The summed E-state index contributed by atoms with van der Waals surface area (Å²) in [5.41, 5.74) is 0. The van der Waals surface area contributed by atoms with Crippen LogP contribution in [0.3, 0.4) is 0 Å². The van der Waals surface area contributed by atoms with Crippen LogP contribution in [0.1, 0.15) is 6.92 Å². The minimum Gasteiger partial charge on any atom is -0.477 e. The second-order valence-electron chi connectivity index (χ2n) is 2.52. The van der Waals surface area contributed by atoms with Gasteiger partial charge < -0.3 is 9.84 Å². The molecule has 2 nitrogen and oxygen atoms in total. The van der Waals surface area contributed by atoms with Crippen LogP contribution in [-0.4, -0.2) is 16.2 Å². The summed E-state index contributed by atoms with van der Waals surface area (Å²) in [6, 6.07) is 9.37. The predicted molar refractivity (Wildman–Crippen MR) is 51.5 cm³/mol. The van der Waals surface area contributed by atoms with E-state index in [0.717, 1.165) is 5.75 Å². The second kappa shape index (κ2) is 4.48. The number of benzene rings is 1. The van der Waals surface area contributed by atoms with Gasteiger partial charge in [-0.2, -0.15) is 0 Å². The Morgan fingerprint density at radius 2 is 1.92 bits per heavy atom. The third kappa shape index (κ3) is 2.83. The molecule has 1 N–H and O–H groups in total. The van der Waals surface area contributed by atoms with E-state index in [4.69, 9.17) is 9.84 Å². The van der Waals surface area contributed by atoms with Crippen molar-refractivity contribution in [2.75, 3.05) is 0 Å². The van der Waals surface area contributed by atoms with Gasteiger partial charge >= 0.3 is 0 Å². The lowest BCUT2D eigenvalue weighted by Crippen LogP contribution is -2.22. The molecule has 0 aromatic heterocycles. The molecule has 0 fully saturated rings. The molecule has 2 atom stereocenters. The van der Waals surface area contributed by atoms with Gasteiger partial charge in [0.15, 0.2) is 5.01 Å². The first-order valence-corrected chi connectivity index (χ1v) is 4.65. The summed E-state index contributed by atoms with van der Waals surface area (Å²) in [4.78, 5) is 0. The summed E-state index contributed by atoms with van der Waals surface area (Å²) < 4.78 is 5.34. The maximum atomic E-state index is 9.11. The van der Waals surface area contributed by atoms with Gasteiger partial charge in [-0.1, -0.05) is 18.2 Å².